The van der Waals surface area contributed by atoms with Gasteiger partial charge in [-0.25, -0.2) is 0 Å². The normalized spacial score (nSPS) is 11.7. The van der Waals surface area contributed by atoms with Crippen LogP contribution in [-0.4, -0.2) is 21.0 Å². The molecule has 14 heavy (non-hydrogen) atoms. The van der Waals surface area contributed by atoms with Gasteiger partial charge in [-0.3, -0.25) is 0 Å². The SMILES string of the molecule is CCC(=NCl)c1c(O)cc(O)cc1O. The molecule has 1 rings (SSSR count). The van der Waals surface area contributed by atoms with Gasteiger partial charge in [-0.05, 0) is 6.42 Å². The smallest absolute Gasteiger partial charge is 0.132 e. The van der Waals surface area contributed by atoms with Crippen LogP contribution in [0.4, 0.5) is 0 Å². The maximum Gasteiger partial charge on any atom is 0.132 e. The molecule has 0 bridgehead atoms. The number of rotatable bonds is 2. The lowest BCUT2D eigenvalue weighted by Crippen LogP contribution is -1.98. The topological polar surface area (TPSA) is 73.1 Å². The summed E-state index contributed by atoms with van der Waals surface area (Å²) in [5.41, 5.74) is 0.516. The first-order valence-electron chi connectivity index (χ1n) is 4.03. The summed E-state index contributed by atoms with van der Waals surface area (Å²) < 4.78 is 3.42. The second kappa shape index (κ2) is 4.19. The molecule has 0 saturated carbocycles. The minimum absolute atomic E-state index is 0.153. The quantitative estimate of drug-likeness (QED) is 0.662. The summed E-state index contributed by atoms with van der Waals surface area (Å²) in [5.74, 6) is -0.707. The van der Waals surface area contributed by atoms with E-state index in [1.165, 1.54) is 0 Å². The van der Waals surface area contributed by atoms with Gasteiger partial charge < -0.3 is 15.3 Å². The fourth-order valence-electron chi connectivity index (χ4n) is 1.17. The highest BCUT2D eigenvalue weighted by molar-refractivity contribution is 6.23. The molecule has 0 aromatic heterocycles. The second-order valence-corrected chi connectivity index (χ2v) is 2.91. The Morgan fingerprint density at radius 2 is 1.79 bits per heavy atom. The number of hydrogen-bond donors (Lipinski definition) is 3. The number of halogens is 1. The van der Waals surface area contributed by atoms with Crippen molar-refractivity contribution in [3.8, 4) is 17.2 Å². The Labute approximate surface area is 86.2 Å². The number of phenols is 3. The van der Waals surface area contributed by atoms with Crippen molar-refractivity contribution in [1.29, 1.82) is 0 Å². The first kappa shape index (κ1) is 10.7. The zero-order valence-corrected chi connectivity index (χ0v) is 8.28. The molecule has 0 aliphatic carbocycles. The van der Waals surface area contributed by atoms with Crippen LogP contribution in [0.15, 0.2) is 16.6 Å². The molecule has 76 valence electrons. The highest BCUT2D eigenvalue weighted by Gasteiger charge is 2.14. The van der Waals surface area contributed by atoms with E-state index in [0.29, 0.717) is 12.1 Å². The Balaban J connectivity index is 3.34. The van der Waals surface area contributed by atoms with Gasteiger partial charge in [0.2, 0.25) is 0 Å². The van der Waals surface area contributed by atoms with E-state index in [1.807, 2.05) is 0 Å². The lowest BCUT2D eigenvalue weighted by molar-refractivity contribution is 0.426. The average Bonchev–Trinajstić information content (AvgIpc) is 2.10. The number of benzene rings is 1. The van der Waals surface area contributed by atoms with Crippen LogP contribution in [0.3, 0.4) is 0 Å². The van der Waals surface area contributed by atoms with E-state index in [4.69, 9.17) is 16.9 Å². The number of hydrogen-bond acceptors (Lipinski definition) is 4. The van der Waals surface area contributed by atoms with Crippen LogP contribution in [0.5, 0.6) is 17.2 Å². The predicted molar refractivity (Wildman–Crippen MR) is 54.1 cm³/mol. The van der Waals surface area contributed by atoms with Crippen molar-refractivity contribution in [2.45, 2.75) is 13.3 Å². The monoisotopic (exact) mass is 215 g/mol. The molecule has 4 nitrogen and oxygen atoms in total. The molecule has 0 spiro atoms. The Morgan fingerprint density at radius 3 is 2.14 bits per heavy atom. The molecule has 0 fully saturated rings. The lowest BCUT2D eigenvalue weighted by atomic mass is 10.1. The Hall–Kier alpha value is -1.42. The molecule has 0 atom stereocenters. The van der Waals surface area contributed by atoms with E-state index < -0.39 is 0 Å². The largest absolute Gasteiger partial charge is 0.508 e. The summed E-state index contributed by atoms with van der Waals surface area (Å²) >= 11 is 5.29. The van der Waals surface area contributed by atoms with Gasteiger partial charge in [-0.15, -0.1) is 0 Å². The number of nitrogens with zero attached hydrogens (tertiary/aromatic N) is 1. The van der Waals surface area contributed by atoms with Gasteiger partial charge in [0.1, 0.15) is 17.2 Å². The third kappa shape index (κ3) is 1.90. The van der Waals surface area contributed by atoms with Gasteiger partial charge in [-0.2, -0.15) is 4.51 Å². The highest BCUT2D eigenvalue weighted by Crippen LogP contribution is 2.33. The van der Waals surface area contributed by atoms with Gasteiger partial charge in [0.05, 0.1) is 11.3 Å². The highest BCUT2D eigenvalue weighted by atomic mass is 35.5. The zero-order valence-electron chi connectivity index (χ0n) is 7.53. The van der Waals surface area contributed by atoms with E-state index in [2.05, 4.69) is 4.51 Å². The van der Waals surface area contributed by atoms with Crippen molar-refractivity contribution < 1.29 is 15.3 Å². The number of aromatic hydroxyl groups is 3. The van der Waals surface area contributed by atoms with Crippen LogP contribution in [0.2, 0.25) is 0 Å². The van der Waals surface area contributed by atoms with Gasteiger partial charge in [-0.1, -0.05) is 6.92 Å². The van der Waals surface area contributed by atoms with E-state index in [-0.39, 0.29) is 22.8 Å². The standard InChI is InChI=1S/C9H10ClNO3/c1-2-6(11-10)9-7(13)3-5(12)4-8(9)14/h3-4,12-14H,2H2,1H3. The molecule has 3 N–H and O–H groups in total. The third-order valence-electron chi connectivity index (χ3n) is 1.81. The average molecular weight is 216 g/mol. The van der Waals surface area contributed by atoms with Crippen LogP contribution >= 0.6 is 11.8 Å². The van der Waals surface area contributed by atoms with Crippen molar-refractivity contribution in [2.24, 2.45) is 4.51 Å². The molecule has 0 saturated heterocycles. The molecule has 0 unspecified atom stereocenters. The van der Waals surface area contributed by atoms with Crippen molar-refractivity contribution in [3.63, 3.8) is 0 Å². The summed E-state index contributed by atoms with van der Waals surface area (Å²) in [6.45, 7) is 1.78. The Morgan fingerprint density at radius 1 is 1.29 bits per heavy atom. The third-order valence-corrected chi connectivity index (χ3v) is 2.01. The van der Waals surface area contributed by atoms with Crippen molar-refractivity contribution in [3.05, 3.63) is 17.7 Å². The minimum atomic E-state index is -0.247. The maximum atomic E-state index is 9.45. The second-order valence-electron chi connectivity index (χ2n) is 2.74. The zero-order chi connectivity index (χ0) is 10.7. The van der Waals surface area contributed by atoms with Crippen LogP contribution in [0.25, 0.3) is 0 Å². The van der Waals surface area contributed by atoms with E-state index >= 15 is 0 Å². The minimum Gasteiger partial charge on any atom is -0.508 e. The predicted octanol–water partition coefficient (Wildman–Crippen LogP) is 2.16. The van der Waals surface area contributed by atoms with Gasteiger partial charge in [0, 0.05) is 23.9 Å². The number of phenolic OH excluding ortho intramolecular Hbond substituents is 3. The molecule has 5 heteroatoms. The van der Waals surface area contributed by atoms with E-state index in [1.54, 1.807) is 6.92 Å². The molecule has 0 aliphatic heterocycles. The van der Waals surface area contributed by atoms with E-state index in [9.17, 15) is 10.2 Å². The van der Waals surface area contributed by atoms with Crippen LogP contribution in [-0.2, 0) is 0 Å². The van der Waals surface area contributed by atoms with Gasteiger partial charge >= 0.3 is 0 Å². The maximum absolute atomic E-state index is 9.45. The van der Waals surface area contributed by atoms with Crippen molar-refractivity contribution >= 4 is 17.5 Å². The van der Waals surface area contributed by atoms with Crippen molar-refractivity contribution in [1.82, 2.24) is 0 Å². The first-order valence-corrected chi connectivity index (χ1v) is 4.37. The summed E-state index contributed by atoms with van der Waals surface area (Å²) in [5, 5.41) is 27.9. The lowest BCUT2D eigenvalue weighted by Gasteiger charge is -2.07. The summed E-state index contributed by atoms with van der Waals surface area (Å²) in [7, 11) is 0. The summed E-state index contributed by atoms with van der Waals surface area (Å²) in [4.78, 5) is 0. The Bertz CT molecular complexity index is 353. The van der Waals surface area contributed by atoms with Crippen molar-refractivity contribution in [2.75, 3.05) is 0 Å². The fraction of sp³-hybridized carbons (Fsp3) is 0.222. The first-order chi connectivity index (χ1) is 6.60. The molecule has 0 aliphatic rings. The van der Waals surface area contributed by atoms with Crippen LogP contribution in [0, 0.1) is 0 Å². The van der Waals surface area contributed by atoms with Gasteiger partial charge in [0.15, 0.2) is 0 Å². The molecule has 1 aromatic carbocycles. The molecule has 0 radical (unpaired) electrons. The van der Waals surface area contributed by atoms with Crippen LogP contribution in [0.1, 0.15) is 18.9 Å². The summed E-state index contributed by atoms with van der Waals surface area (Å²) in [6.07, 6.45) is 0.468. The van der Waals surface area contributed by atoms with Crippen LogP contribution < -0.4 is 0 Å². The fourth-order valence-corrected chi connectivity index (χ4v) is 1.38. The van der Waals surface area contributed by atoms with E-state index in [0.717, 1.165) is 12.1 Å². The molecule has 0 amide bonds. The Kier molecular flexibility index (Phi) is 3.19. The van der Waals surface area contributed by atoms with Gasteiger partial charge in [0.25, 0.3) is 0 Å². The molecular formula is C9H10ClNO3. The molecular weight excluding hydrogens is 206 g/mol. The summed E-state index contributed by atoms with van der Waals surface area (Å²) in [6, 6.07) is 2.24. The molecule has 1 aromatic rings. The molecule has 0 heterocycles.